The first kappa shape index (κ1) is 16.0. The minimum absolute atomic E-state index is 0.0284. The number of benzene rings is 1. The van der Waals surface area contributed by atoms with E-state index in [0.29, 0.717) is 11.1 Å². The van der Waals surface area contributed by atoms with Crippen molar-refractivity contribution >= 4 is 17.2 Å². The Hall–Kier alpha value is -2.88. The van der Waals surface area contributed by atoms with Crippen LogP contribution in [-0.2, 0) is 9.53 Å². The van der Waals surface area contributed by atoms with E-state index in [0.717, 1.165) is 25.1 Å². The summed E-state index contributed by atoms with van der Waals surface area (Å²) in [5, 5.41) is 20.8. The van der Waals surface area contributed by atoms with E-state index in [4.69, 9.17) is 4.74 Å². The third-order valence-corrected chi connectivity index (χ3v) is 4.99. The van der Waals surface area contributed by atoms with Crippen molar-refractivity contribution < 1.29 is 14.5 Å². The Balaban J connectivity index is 2.20. The predicted octanol–water partition coefficient (Wildman–Crippen LogP) is 2.49. The van der Waals surface area contributed by atoms with E-state index in [1.54, 1.807) is 12.1 Å². The van der Waals surface area contributed by atoms with Gasteiger partial charge < -0.3 is 9.64 Å². The van der Waals surface area contributed by atoms with Gasteiger partial charge in [0.1, 0.15) is 0 Å². The molecule has 3 rings (SSSR count). The van der Waals surface area contributed by atoms with Crippen molar-refractivity contribution in [1.29, 1.82) is 5.26 Å². The highest BCUT2D eigenvalue weighted by Crippen LogP contribution is 2.53. The van der Waals surface area contributed by atoms with Gasteiger partial charge in [0.2, 0.25) is 5.41 Å². The van der Waals surface area contributed by atoms with Gasteiger partial charge in [0.05, 0.1) is 24.1 Å². The van der Waals surface area contributed by atoms with Crippen molar-refractivity contribution in [3.8, 4) is 6.07 Å². The average Bonchev–Trinajstić information content (AvgIpc) is 3.15. The number of carbonyl (C=O) groups excluding carboxylic acids is 1. The molecule has 0 aliphatic carbocycles. The fourth-order valence-electron chi connectivity index (χ4n) is 3.83. The molecule has 0 spiro atoms. The largest absolute Gasteiger partial charge is 0.468 e. The Morgan fingerprint density at radius 1 is 1.46 bits per heavy atom. The number of nitrogens with zero attached hydrogens (tertiary/aromatic N) is 3. The molecule has 7 heteroatoms. The second kappa shape index (κ2) is 5.64. The number of non-ortho nitro benzene ring substituents is 1. The smallest absolute Gasteiger partial charge is 0.333 e. The number of rotatable bonds is 3. The molecule has 0 radical (unpaired) electrons. The van der Waals surface area contributed by atoms with Gasteiger partial charge in [-0.1, -0.05) is 0 Å². The predicted molar refractivity (Wildman–Crippen MR) is 85.5 cm³/mol. The van der Waals surface area contributed by atoms with Crippen molar-refractivity contribution in [2.75, 3.05) is 13.7 Å². The number of hydrogen-bond donors (Lipinski definition) is 0. The zero-order valence-electron chi connectivity index (χ0n) is 13.5. The highest BCUT2D eigenvalue weighted by Gasteiger charge is 2.58. The van der Waals surface area contributed by atoms with Crippen LogP contribution in [0.15, 0.2) is 30.0 Å². The Bertz CT molecular complexity index is 778. The fourth-order valence-corrected chi connectivity index (χ4v) is 3.83. The van der Waals surface area contributed by atoms with Crippen molar-refractivity contribution in [1.82, 2.24) is 4.90 Å². The van der Waals surface area contributed by atoms with Crippen LogP contribution in [0.25, 0.3) is 5.57 Å². The van der Waals surface area contributed by atoms with Crippen LogP contribution in [0.2, 0.25) is 0 Å². The lowest BCUT2D eigenvalue weighted by atomic mass is 9.74. The molecular weight excluding hydrogens is 310 g/mol. The van der Waals surface area contributed by atoms with E-state index < -0.39 is 16.3 Å². The molecule has 2 aliphatic heterocycles. The average molecular weight is 327 g/mol. The molecule has 2 heterocycles. The summed E-state index contributed by atoms with van der Waals surface area (Å²) in [6.45, 7) is 2.64. The number of hydrogen-bond acceptors (Lipinski definition) is 6. The zero-order chi connectivity index (χ0) is 17.5. The maximum Gasteiger partial charge on any atom is 0.333 e. The second-order valence-corrected chi connectivity index (χ2v) is 6.01. The molecule has 1 saturated heterocycles. The SMILES string of the molecule is COC(=O)C1(C#N)C(c2ccc([N+](=O)[O-])cc2)=C2CCCN2C1C. The molecule has 2 aliphatic rings. The van der Waals surface area contributed by atoms with Crippen LogP contribution >= 0.6 is 0 Å². The van der Waals surface area contributed by atoms with Gasteiger partial charge in [-0.3, -0.25) is 10.1 Å². The lowest BCUT2D eigenvalue weighted by Gasteiger charge is -2.30. The molecular formula is C17H17N3O4. The minimum atomic E-state index is -1.42. The van der Waals surface area contributed by atoms with Crippen LogP contribution in [0.3, 0.4) is 0 Å². The molecule has 2 unspecified atom stereocenters. The summed E-state index contributed by atoms with van der Waals surface area (Å²) in [6, 6.07) is 7.84. The topological polar surface area (TPSA) is 96.5 Å². The number of carbonyl (C=O) groups is 1. The molecule has 124 valence electrons. The van der Waals surface area contributed by atoms with Gasteiger partial charge in [-0.2, -0.15) is 5.26 Å². The van der Waals surface area contributed by atoms with Crippen LogP contribution in [0.1, 0.15) is 25.3 Å². The second-order valence-electron chi connectivity index (χ2n) is 6.01. The molecule has 0 amide bonds. The van der Waals surface area contributed by atoms with Crippen LogP contribution < -0.4 is 0 Å². The maximum absolute atomic E-state index is 12.6. The van der Waals surface area contributed by atoms with Gasteiger partial charge in [0, 0.05) is 29.9 Å². The summed E-state index contributed by atoms with van der Waals surface area (Å²) < 4.78 is 4.95. The number of nitro benzene ring substituents is 1. The van der Waals surface area contributed by atoms with E-state index in [-0.39, 0.29) is 11.7 Å². The molecule has 0 aromatic heterocycles. The van der Waals surface area contributed by atoms with Gasteiger partial charge in [-0.15, -0.1) is 0 Å². The Labute approximate surface area is 139 Å². The fraction of sp³-hybridized carbons (Fsp3) is 0.412. The van der Waals surface area contributed by atoms with E-state index in [1.807, 2.05) is 6.92 Å². The lowest BCUT2D eigenvalue weighted by Crippen LogP contribution is -2.44. The summed E-state index contributed by atoms with van der Waals surface area (Å²) in [7, 11) is 1.27. The van der Waals surface area contributed by atoms with Crippen LogP contribution in [0.4, 0.5) is 5.69 Å². The van der Waals surface area contributed by atoms with Crippen LogP contribution in [0, 0.1) is 26.9 Å². The standard InChI is InChI=1S/C17H17N3O4/c1-11-17(10-18,16(21)24-2)15(14-4-3-9-19(11)14)12-5-7-13(8-6-12)20(22)23/h5-8,11H,3-4,9H2,1-2H3. The normalized spacial score (nSPS) is 25.4. The number of esters is 1. The molecule has 1 fully saturated rings. The highest BCUT2D eigenvalue weighted by atomic mass is 16.6. The summed E-state index contributed by atoms with van der Waals surface area (Å²) in [4.78, 5) is 25.0. The van der Waals surface area contributed by atoms with Crippen molar-refractivity contribution in [2.24, 2.45) is 5.41 Å². The number of nitro groups is 1. The summed E-state index contributed by atoms with van der Waals surface area (Å²) >= 11 is 0. The Morgan fingerprint density at radius 3 is 2.67 bits per heavy atom. The summed E-state index contributed by atoms with van der Waals surface area (Å²) in [6.07, 6.45) is 1.73. The van der Waals surface area contributed by atoms with Gasteiger partial charge in [-0.05, 0) is 37.5 Å². The Morgan fingerprint density at radius 2 is 2.12 bits per heavy atom. The minimum Gasteiger partial charge on any atom is -0.468 e. The first-order valence-electron chi connectivity index (χ1n) is 7.72. The van der Waals surface area contributed by atoms with Gasteiger partial charge in [0.15, 0.2) is 0 Å². The van der Waals surface area contributed by atoms with Crippen molar-refractivity contribution in [3.63, 3.8) is 0 Å². The highest BCUT2D eigenvalue weighted by molar-refractivity contribution is 6.00. The molecule has 0 bridgehead atoms. The van der Waals surface area contributed by atoms with Gasteiger partial charge in [0.25, 0.3) is 5.69 Å². The molecule has 24 heavy (non-hydrogen) atoms. The molecule has 2 atom stereocenters. The molecule has 0 saturated carbocycles. The number of methoxy groups -OCH3 is 1. The number of ether oxygens (including phenoxy) is 1. The summed E-state index contributed by atoms with van der Waals surface area (Å²) in [5.41, 5.74) is 0.791. The van der Waals surface area contributed by atoms with Gasteiger partial charge in [-0.25, -0.2) is 4.79 Å². The number of nitriles is 1. The van der Waals surface area contributed by atoms with E-state index >= 15 is 0 Å². The molecule has 1 aromatic carbocycles. The van der Waals surface area contributed by atoms with Crippen LogP contribution in [0.5, 0.6) is 0 Å². The lowest BCUT2D eigenvalue weighted by molar-refractivity contribution is -0.384. The number of fused-ring (bicyclic) bond motifs is 1. The first-order valence-corrected chi connectivity index (χ1v) is 7.72. The van der Waals surface area contributed by atoms with E-state index in [2.05, 4.69) is 11.0 Å². The first-order chi connectivity index (χ1) is 11.5. The zero-order valence-corrected chi connectivity index (χ0v) is 13.5. The molecule has 7 nitrogen and oxygen atoms in total. The van der Waals surface area contributed by atoms with Crippen molar-refractivity contribution in [2.45, 2.75) is 25.8 Å². The number of allylic oxidation sites excluding steroid dienone is 1. The third kappa shape index (κ3) is 1.99. The van der Waals surface area contributed by atoms with E-state index in [9.17, 15) is 20.2 Å². The quantitative estimate of drug-likeness (QED) is 0.481. The van der Waals surface area contributed by atoms with Crippen LogP contribution in [-0.4, -0.2) is 35.5 Å². The molecule has 1 aromatic rings. The monoisotopic (exact) mass is 327 g/mol. The maximum atomic E-state index is 12.6. The van der Waals surface area contributed by atoms with Gasteiger partial charge >= 0.3 is 5.97 Å². The van der Waals surface area contributed by atoms with E-state index in [1.165, 1.54) is 19.2 Å². The van der Waals surface area contributed by atoms with Crippen molar-refractivity contribution in [3.05, 3.63) is 45.6 Å². The molecule has 0 N–H and O–H groups in total. The summed E-state index contributed by atoms with van der Waals surface area (Å²) in [5.74, 6) is -0.590. The Kier molecular flexibility index (Phi) is 3.76. The third-order valence-electron chi connectivity index (χ3n) is 4.99.